The number of rotatable bonds is 5. The molecule has 1 fully saturated rings. The average Bonchev–Trinajstić information content (AvgIpc) is 2.98. The zero-order chi connectivity index (χ0) is 15.5. The number of nitrogens with two attached hydrogens (primary N) is 1. The zero-order valence-electron chi connectivity index (χ0n) is 13.2. The standard InChI is InChI=1S/C16H22N4O2.ClH/c1-10-13-8-19-20-14(13)5-6-15(10)22-12-4-2-3-11(7-12)18-9-16(17)21;/h5-6,8,11-12,18H,2-4,7,9H2,1H3,(H2,17,21)(H,19,20);1H/t11-,12+;/m0./s1. The molecule has 0 bridgehead atoms. The number of ether oxygens (including phenoxy) is 1. The summed E-state index contributed by atoms with van der Waals surface area (Å²) >= 11 is 0. The second-order valence-electron chi connectivity index (χ2n) is 5.97. The van der Waals surface area contributed by atoms with Gasteiger partial charge in [0.1, 0.15) is 11.9 Å². The van der Waals surface area contributed by atoms with Crippen LogP contribution in [0.4, 0.5) is 0 Å². The topological polar surface area (TPSA) is 93.0 Å². The van der Waals surface area contributed by atoms with Crippen LogP contribution < -0.4 is 15.8 Å². The Hall–Kier alpha value is -1.79. The van der Waals surface area contributed by atoms with Crippen molar-refractivity contribution in [3.8, 4) is 5.75 Å². The van der Waals surface area contributed by atoms with E-state index in [1.165, 1.54) is 0 Å². The molecule has 2 atom stereocenters. The summed E-state index contributed by atoms with van der Waals surface area (Å²) in [4.78, 5) is 10.9. The third-order valence-electron chi connectivity index (χ3n) is 4.33. The van der Waals surface area contributed by atoms with Crippen LogP contribution >= 0.6 is 12.4 Å². The Morgan fingerprint density at radius 3 is 3.09 bits per heavy atom. The highest BCUT2D eigenvalue weighted by atomic mass is 35.5. The van der Waals surface area contributed by atoms with Crippen LogP contribution in [-0.2, 0) is 4.79 Å². The van der Waals surface area contributed by atoms with E-state index in [1.807, 2.05) is 18.3 Å². The molecule has 1 saturated carbocycles. The first-order valence-corrected chi connectivity index (χ1v) is 7.74. The number of aromatic amines is 1. The molecule has 6 nitrogen and oxygen atoms in total. The molecule has 0 spiro atoms. The van der Waals surface area contributed by atoms with Crippen molar-refractivity contribution in [3.63, 3.8) is 0 Å². The van der Waals surface area contributed by atoms with Crippen molar-refractivity contribution in [1.29, 1.82) is 0 Å². The molecule has 1 aliphatic rings. The molecular formula is C16H23ClN4O2. The minimum absolute atomic E-state index is 0. The van der Waals surface area contributed by atoms with E-state index in [1.54, 1.807) is 0 Å². The van der Waals surface area contributed by atoms with Crippen LogP contribution in [0.15, 0.2) is 18.3 Å². The zero-order valence-corrected chi connectivity index (χ0v) is 14.0. The van der Waals surface area contributed by atoms with Gasteiger partial charge >= 0.3 is 0 Å². The molecule has 23 heavy (non-hydrogen) atoms. The molecule has 1 aliphatic carbocycles. The van der Waals surface area contributed by atoms with Gasteiger partial charge in [-0.25, -0.2) is 0 Å². The van der Waals surface area contributed by atoms with Crippen LogP contribution in [0, 0.1) is 6.92 Å². The van der Waals surface area contributed by atoms with E-state index in [0.29, 0.717) is 6.04 Å². The fourth-order valence-electron chi connectivity index (χ4n) is 3.13. The van der Waals surface area contributed by atoms with Gasteiger partial charge < -0.3 is 15.8 Å². The van der Waals surface area contributed by atoms with Gasteiger partial charge in [-0.2, -0.15) is 5.10 Å². The maximum atomic E-state index is 10.9. The highest BCUT2D eigenvalue weighted by Gasteiger charge is 2.24. The lowest BCUT2D eigenvalue weighted by Gasteiger charge is -2.30. The summed E-state index contributed by atoms with van der Waals surface area (Å²) in [5, 5.41) is 11.3. The summed E-state index contributed by atoms with van der Waals surface area (Å²) in [7, 11) is 0. The van der Waals surface area contributed by atoms with Crippen molar-refractivity contribution >= 4 is 29.2 Å². The Labute approximate surface area is 141 Å². The highest BCUT2D eigenvalue weighted by molar-refractivity contribution is 5.85. The number of hydrogen-bond acceptors (Lipinski definition) is 4. The van der Waals surface area contributed by atoms with Crippen molar-refractivity contribution in [3.05, 3.63) is 23.9 Å². The van der Waals surface area contributed by atoms with Gasteiger partial charge in [-0.05, 0) is 44.7 Å². The lowest BCUT2D eigenvalue weighted by molar-refractivity contribution is -0.117. The molecule has 0 saturated heterocycles. The number of aromatic nitrogens is 2. The van der Waals surface area contributed by atoms with Crippen LogP contribution in [-0.4, -0.2) is 34.8 Å². The Kier molecular flexibility index (Phi) is 5.85. The maximum Gasteiger partial charge on any atom is 0.231 e. The molecule has 0 aliphatic heterocycles. The molecule has 4 N–H and O–H groups in total. The second kappa shape index (κ2) is 7.66. The molecule has 126 valence electrons. The molecule has 1 heterocycles. The van der Waals surface area contributed by atoms with E-state index in [2.05, 4.69) is 22.4 Å². The number of H-pyrrole nitrogens is 1. The number of nitrogens with one attached hydrogen (secondary N) is 2. The van der Waals surface area contributed by atoms with Gasteiger partial charge in [0, 0.05) is 17.0 Å². The van der Waals surface area contributed by atoms with Gasteiger partial charge in [0.2, 0.25) is 5.91 Å². The molecule has 2 aromatic rings. The van der Waals surface area contributed by atoms with E-state index < -0.39 is 0 Å². The largest absolute Gasteiger partial charge is 0.490 e. The van der Waals surface area contributed by atoms with Crippen LogP contribution in [0.3, 0.4) is 0 Å². The monoisotopic (exact) mass is 338 g/mol. The minimum Gasteiger partial charge on any atom is -0.490 e. The van der Waals surface area contributed by atoms with Crippen LogP contribution in [0.1, 0.15) is 31.2 Å². The molecule has 0 unspecified atom stereocenters. The van der Waals surface area contributed by atoms with Crippen molar-refractivity contribution in [1.82, 2.24) is 15.5 Å². The number of carbonyl (C=O) groups is 1. The van der Waals surface area contributed by atoms with E-state index >= 15 is 0 Å². The van der Waals surface area contributed by atoms with Crippen molar-refractivity contribution < 1.29 is 9.53 Å². The number of fused-ring (bicyclic) bond motifs is 1. The minimum atomic E-state index is -0.315. The fourth-order valence-corrected chi connectivity index (χ4v) is 3.13. The number of hydrogen-bond donors (Lipinski definition) is 3. The number of nitrogens with zero attached hydrogens (tertiary/aromatic N) is 1. The van der Waals surface area contributed by atoms with Gasteiger partial charge in [-0.15, -0.1) is 12.4 Å². The molecule has 3 rings (SSSR count). The summed E-state index contributed by atoms with van der Waals surface area (Å²) in [6.07, 6.45) is 6.09. The number of amides is 1. The average molecular weight is 339 g/mol. The Balaban J connectivity index is 0.00000192. The molecule has 1 aromatic carbocycles. The Bertz CT molecular complexity index is 673. The highest BCUT2D eigenvalue weighted by Crippen LogP contribution is 2.29. The Morgan fingerprint density at radius 2 is 2.30 bits per heavy atom. The first-order valence-electron chi connectivity index (χ1n) is 7.74. The predicted molar refractivity (Wildman–Crippen MR) is 91.9 cm³/mol. The fraction of sp³-hybridized carbons (Fsp3) is 0.500. The molecule has 7 heteroatoms. The normalized spacial score (nSPS) is 20.9. The summed E-state index contributed by atoms with van der Waals surface area (Å²) in [5.74, 6) is 0.596. The lowest BCUT2D eigenvalue weighted by atomic mass is 9.92. The van der Waals surface area contributed by atoms with Crippen LogP contribution in [0.25, 0.3) is 10.9 Å². The number of halogens is 1. The third kappa shape index (κ3) is 4.14. The molecule has 0 radical (unpaired) electrons. The number of benzene rings is 1. The maximum absolute atomic E-state index is 10.9. The van der Waals surface area contributed by atoms with Gasteiger partial charge in [-0.3, -0.25) is 9.89 Å². The molecule has 1 aromatic heterocycles. The summed E-state index contributed by atoms with van der Waals surface area (Å²) in [5.41, 5.74) is 7.32. The second-order valence-corrected chi connectivity index (χ2v) is 5.97. The molecular weight excluding hydrogens is 316 g/mol. The van der Waals surface area contributed by atoms with E-state index in [9.17, 15) is 4.79 Å². The third-order valence-corrected chi connectivity index (χ3v) is 4.33. The van der Waals surface area contributed by atoms with E-state index in [4.69, 9.17) is 10.5 Å². The van der Waals surface area contributed by atoms with Gasteiger partial charge in [0.25, 0.3) is 0 Å². The first kappa shape index (κ1) is 17.6. The van der Waals surface area contributed by atoms with Crippen LogP contribution in [0.2, 0.25) is 0 Å². The molecule has 1 amide bonds. The Morgan fingerprint density at radius 1 is 1.48 bits per heavy atom. The van der Waals surface area contributed by atoms with Gasteiger partial charge in [0.05, 0.1) is 18.3 Å². The predicted octanol–water partition coefficient (Wildman–Crippen LogP) is 2.06. The smallest absolute Gasteiger partial charge is 0.231 e. The first-order chi connectivity index (χ1) is 10.6. The summed E-state index contributed by atoms with van der Waals surface area (Å²) < 4.78 is 6.20. The SMILES string of the molecule is Cc1c(O[C@@H]2CCC[C@H](NCC(N)=O)C2)ccc2[nH]ncc12.Cl. The number of aryl methyl sites for hydroxylation is 1. The van der Waals surface area contributed by atoms with Crippen molar-refractivity contribution in [2.75, 3.05) is 6.54 Å². The van der Waals surface area contributed by atoms with Crippen molar-refractivity contribution in [2.45, 2.75) is 44.8 Å². The van der Waals surface area contributed by atoms with E-state index in [0.717, 1.165) is 47.9 Å². The van der Waals surface area contributed by atoms with E-state index in [-0.39, 0.29) is 31.0 Å². The summed E-state index contributed by atoms with van der Waals surface area (Å²) in [6.45, 7) is 2.29. The van der Waals surface area contributed by atoms with Gasteiger partial charge in [-0.1, -0.05) is 0 Å². The lowest BCUT2D eigenvalue weighted by Crippen LogP contribution is -2.41. The van der Waals surface area contributed by atoms with Crippen LogP contribution in [0.5, 0.6) is 5.75 Å². The van der Waals surface area contributed by atoms with Crippen molar-refractivity contribution in [2.24, 2.45) is 5.73 Å². The number of carbonyl (C=O) groups excluding carboxylic acids is 1. The quantitative estimate of drug-likeness (QED) is 0.778. The summed E-state index contributed by atoms with van der Waals surface area (Å²) in [6, 6.07) is 4.29. The number of primary amides is 1. The van der Waals surface area contributed by atoms with Gasteiger partial charge in [0.15, 0.2) is 0 Å².